The molecule has 0 spiro atoms. The van der Waals surface area contributed by atoms with Crippen LogP contribution < -0.4 is 10.1 Å². The Labute approximate surface area is 121 Å². The van der Waals surface area contributed by atoms with Crippen LogP contribution in [0.4, 0.5) is 0 Å². The lowest BCUT2D eigenvalue weighted by Crippen LogP contribution is -2.21. The topological polar surface area (TPSA) is 34.4 Å². The van der Waals surface area contributed by atoms with Crippen molar-refractivity contribution in [3.63, 3.8) is 0 Å². The lowest BCUT2D eigenvalue weighted by molar-refractivity contribution is 0.413. The maximum Gasteiger partial charge on any atom is 0.138 e. The average molecular weight is 275 g/mol. The molecular weight excluding hydrogens is 250 g/mol. The third-order valence-electron chi connectivity index (χ3n) is 3.37. The van der Waals surface area contributed by atoms with Crippen molar-refractivity contribution >= 4 is 11.0 Å². The molecule has 0 fully saturated rings. The summed E-state index contributed by atoms with van der Waals surface area (Å²) >= 11 is 0. The highest BCUT2D eigenvalue weighted by molar-refractivity contribution is 5.84. The summed E-state index contributed by atoms with van der Waals surface area (Å²) in [5, 5.41) is 4.49. The summed E-state index contributed by atoms with van der Waals surface area (Å²) in [5.74, 6) is 1.85. The first kappa shape index (κ1) is 14.9. The highest BCUT2D eigenvalue weighted by Gasteiger charge is 2.21. The van der Waals surface area contributed by atoms with Gasteiger partial charge in [0.05, 0.1) is 13.7 Å². The van der Waals surface area contributed by atoms with Crippen LogP contribution in [0.2, 0.25) is 0 Å². The Morgan fingerprint density at radius 1 is 1.20 bits per heavy atom. The van der Waals surface area contributed by atoms with E-state index >= 15 is 0 Å². The maximum atomic E-state index is 6.06. The summed E-state index contributed by atoms with van der Waals surface area (Å²) < 4.78 is 11.5. The summed E-state index contributed by atoms with van der Waals surface area (Å²) in [7, 11) is 1.70. The minimum Gasteiger partial charge on any atom is -0.497 e. The Balaban J connectivity index is 2.49. The standard InChI is InChI=1S/C17H25NO2/c1-11(2)18-10-14-8-12-7-13(19-6)9-15(16(12)20-14)17(3,4)5/h7-9,11,18H,10H2,1-6H3. The largest absolute Gasteiger partial charge is 0.497 e. The highest BCUT2D eigenvalue weighted by atomic mass is 16.5. The molecule has 2 aromatic rings. The van der Waals surface area contributed by atoms with Gasteiger partial charge in [0.25, 0.3) is 0 Å². The van der Waals surface area contributed by atoms with Gasteiger partial charge < -0.3 is 14.5 Å². The first-order chi connectivity index (χ1) is 9.31. The first-order valence-electron chi connectivity index (χ1n) is 7.15. The smallest absolute Gasteiger partial charge is 0.138 e. The molecule has 1 N–H and O–H groups in total. The SMILES string of the molecule is COc1cc(C(C)(C)C)c2oc(CNC(C)C)cc2c1. The van der Waals surface area contributed by atoms with Gasteiger partial charge in [0.2, 0.25) is 0 Å². The second kappa shape index (κ2) is 5.49. The number of benzene rings is 1. The zero-order chi connectivity index (χ0) is 14.9. The predicted octanol–water partition coefficient (Wildman–Crippen LogP) is 4.24. The maximum absolute atomic E-state index is 6.06. The van der Waals surface area contributed by atoms with E-state index < -0.39 is 0 Å². The lowest BCUT2D eigenvalue weighted by Gasteiger charge is -2.20. The Bertz CT molecular complexity index is 591. The highest BCUT2D eigenvalue weighted by Crippen LogP contribution is 2.35. The summed E-state index contributed by atoms with van der Waals surface area (Å²) in [6.07, 6.45) is 0. The molecule has 2 rings (SSSR count). The van der Waals surface area contributed by atoms with Crippen molar-refractivity contribution < 1.29 is 9.15 Å². The molecule has 0 atom stereocenters. The van der Waals surface area contributed by atoms with E-state index in [2.05, 4.69) is 52.1 Å². The van der Waals surface area contributed by atoms with E-state index in [0.717, 1.165) is 29.0 Å². The molecule has 20 heavy (non-hydrogen) atoms. The van der Waals surface area contributed by atoms with Crippen LogP contribution in [0.25, 0.3) is 11.0 Å². The summed E-state index contributed by atoms with van der Waals surface area (Å²) in [5.41, 5.74) is 2.18. The third-order valence-corrected chi connectivity index (χ3v) is 3.37. The fraction of sp³-hybridized carbons (Fsp3) is 0.529. The summed E-state index contributed by atoms with van der Waals surface area (Å²) in [6, 6.07) is 6.65. The van der Waals surface area contributed by atoms with E-state index in [1.54, 1.807) is 7.11 Å². The molecule has 1 aromatic heterocycles. The fourth-order valence-electron chi connectivity index (χ4n) is 2.25. The molecular formula is C17H25NO2. The van der Waals surface area contributed by atoms with Crippen LogP contribution >= 0.6 is 0 Å². The number of fused-ring (bicyclic) bond motifs is 1. The van der Waals surface area contributed by atoms with Crippen molar-refractivity contribution in [1.29, 1.82) is 0 Å². The van der Waals surface area contributed by atoms with E-state index in [-0.39, 0.29) is 5.41 Å². The second-order valence-electron chi connectivity index (χ2n) is 6.59. The fourth-order valence-corrected chi connectivity index (χ4v) is 2.25. The van der Waals surface area contributed by atoms with Crippen molar-refractivity contribution in [1.82, 2.24) is 5.32 Å². The number of ether oxygens (including phenoxy) is 1. The van der Waals surface area contributed by atoms with Gasteiger partial charge in [0.1, 0.15) is 17.1 Å². The van der Waals surface area contributed by atoms with Gasteiger partial charge in [0, 0.05) is 17.0 Å². The molecule has 0 amide bonds. The predicted molar refractivity (Wildman–Crippen MR) is 83.4 cm³/mol. The Morgan fingerprint density at radius 3 is 2.45 bits per heavy atom. The van der Waals surface area contributed by atoms with Crippen molar-refractivity contribution in [2.24, 2.45) is 0 Å². The molecule has 0 radical (unpaired) electrons. The molecule has 3 heteroatoms. The van der Waals surface area contributed by atoms with E-state index in [1.807, 2.05) is 6.07 Å². The normalized spacial score (nSPS) is 12.3. The van der Waals surface area contributed by atoms with Gasteiger partial charge in [-0.3, -0.25) is 0 Å². The number of methoxy groups -OCH3 is 1. The molecule has 0 saturated heterocycles. The molecule has 1 heterocycles. The molecule has 0 saturated carbocycles. The van der Waals surface area contributed by atoms with Crippen LogP contribution in [-0.2, 0) is 12.0 Å². The number of hydrogen-bond donors (Lipinski definition) is 1. The monoisotopic (exact) mass is 275 g/mol. The number of hydrogen-bond acceptors (Lipinski definition) is 3. The van der Waals surface area contributed by atoms with Crippen molar-refractivity contribution in [2.75, 3.05) is 7.11 Å². The number of rotatable bonds is 4. The molecule has 0 aliphatic rings. The number of nitrogens with one attached hydrogen (secondary N) is 1. The van der Waals surface area contributed by atoms with Gasteiger partial charge >= 0.3 is 0 Å². The zero-order valence-corrected chi connectivity index (χ0v) is 13.3. The third kappa shape index (κ3) is 3.15. The lowest BCUT2D eigenvalue weighted by atomic mass is 9.86. The van der Waals surface area contributed by atoms with E-state index in [4.69, 9.17) is 9.15 Å². The average Bonchev–Trinajstić information content (AvgIpc) is 2.76. The van der Waals surface area contributed by atoms with Gasteiger partial charge in [-0.2, -0.15) is 0 Å². The van der Waals surface area contributed by atoms with E-state index in [9.17, 15) is 0 Å². The molecule has 3 nitrogen and oxygen atoms in total. The van der Waals surface area contributed by atoms with Crippen LogP contribution in [0.15, 0.2) is 22.6 Å². The van der Waals surface area contributed by atoms with Crippen LogP contribution in [0.1, 0.15) is 45.9 Å². The summed E-state index contributed by atoms with van der Waals surface area (Å²) in [6.45, 7) is 11.6. The van der Waals surface area contributed by atoms with E-state index in [0.29, 0.717) is 6.04 Å². The van der Waals surface area contributed by atoms with Gasteiger partial charge in [-0.15, -0.1) is 0 Å². The van der Waals surface area contributed by atoms with Crippen LogP contribution in [0, 0.1) is 0 Å². The van der Waals surface area contributed by atoms with Crippen molar-refractivity contribution in [3.05, 3.63) is 29.5 Å². The van der Waals surface area contributed by atoms with E-state index in [1.165, 1.54) is 5.56 Å². The van der Waals surface area contributed by atoms with Gasteiger partial charge in [-0.05, 0) is 23.6 Å². The van der Waals surface area contributed by atoms with Crippen LogP contribution in [-0.4, -0.2) is 13.2 Å². The Hall–Kier alpha value is -1.48. The van der Waals surface area contributed by atoms with Crippen molar-refractivity contribution in [2.45, 2.75) is 52.6 Å². The van der Waals surface area contributed by atoms with Gasteiger partial charge in [0.15, 0.2) is 0 Å². The van der Waals surface area contributed by atoms with Gasteiger partial charge in [-0.1, -0.05) is 34.6 Å². The molecule has 0 aliphatic carbocycles. The quantitative estimate of drug-likeness (QED) is 0.906. The molecule has 0 bridgehead atoms. The van der Waals surface area contributed by atoms with Gasteiger partial charge in [-0.25, -0.2) is 0 Å². The molecule has 0 unspecified atom stereocenters. The van der Waals surface area contributed by atoms with Crippen LogP contribution in [0.3, 0.4) is 0 Å². The van der Waals surface area contributed by atoms with Crippen molar-refractivity contribution in [3.8, 4) is 5.75 Å². The minimum absolute atomic E-state index is 0.0212. The first-order valence-corrected chi connectivity index (χ1v) is 7.15. The number of furan rings is 1. The second-order valence-corrected chi connectivity index (χ2v) is 6.59. The minimum atomic E-state index is 0.0212. The Morgan fingerprint density at radius 2 is 1.90 bits per heavy atom. The molecule has 1 aromatic carbocycles. The summed E-state index contributed by atoms with van der Waals surface area (Å²) in [4.78, 5) is 0. The molecule has 110 valence electrons. The zero-order valence-electron chi connectivity index (χ0n) is 13.3. The molecule has 0 aliphatic heterocycles. The Kier molecular flexibility index (Phi) is 4.09. The van der Waals surface area contributed by atoms with Crippen LogP contribution in [0.5, 0.6) is 5.75 Å².